The lowest BCUT2D eigenvalue weighted by Crippen LogP contribution is -2.19. The molecule has 2 N–H and O–H groups in total. The molecule has 0 aromatic heterocycles. The molecule has 0 bridgehead atoms. The van der Waals surface area contributed by atoms with Crippen LogP contribution in [0, 0.1) is 5.82 Å². The summed E-state index contributed by atoms with van der Waals surface area (Å²) < 4.78 is 18.8. The summed E-state index contributed by atoms with van der Waals surface area (Å²) in [7, 11) is 0. The van der Waals surface area contributed by atoms with E-state index >= 15 is 0 Å². The summed E-state index contributed by atoms with van der Waals surface area (Å²) in [6.45, 7) is 0. The molecular weight excluding hydrogens is 359 g/mol. The molecule has 0 amide bonds. The summed E-state index contributed by atoms with van der Waals surface area (Å²) in [6, 6.07) is 21.0. The molecule has 0 unspecified atom stereocenters. The second kappa shape index (κ2) is 7.96. The zero-order chi connectivity index (χ0) is 17.6. The van der Waals surface area contributed by atoms with Crippen molar-refractivity contribution in [3.8, 4) is 11.5 Å². The number of nitrogens with one attached hydrogen (secondary N) is 2. The van der Waals surface area contributed by atoms with E-state index in [1.807, 2.05) is 54.6 Å². The van der Waals surface area contributed by atoms with Gasteiger partial charge in [0.15, 0.2) is 5.11 Å². The molecule has 0 saturated heterocycles. The second-order valence-corrected chi connectivity index (χ2v) is 5.96. The number of thiocarbonyl (C=S) groups is 1. The van der Waals surface area contributed by atoms with Gasteiger partial charge in [-0.1, -0.05) is 29.8 Å². The number of hydrogen-bond acceptors (Lipinski definition) is 2. The van der Waals surface area contributed by atoms with Gasteiger partial charge >= 0.3 is 0 Å². The minimum atomic E-state index is -0.400. The van der Waals surface area contributed by atoms with Crippen molar-refractivity contribution in [3.05, 3.63) is 83.6 Å². The van der Waals surface area contributed by atoms with E-state index in [9.17, 15) is 4.39 Å². The maximum atomic E-state index is 13.1. The molecule has 6 heteroatoms. The highest BCUT2D eigenvalue weighted by Gasteiger charge is 2.05. The Morgan fingerprint density at radius 3 is 2.24 bits per heavy atom. The highest BCUT2D eigenvalue weighted by molar-refractivity contribution is 7.80. The third kappa shape index (κ3) is 4.92. The smallest absolute Gasteiger partial charge is 0.175 e. The van der Waals surface area contributed by atoms with E-state index in [0.29, 0.717) is 10.8 Å². The van der Waals surface area contributed by atoms with Gasteiger partial charge in [0.2, 0.25) is 0 Å². The Morgan fingerprint density at radius 2 is 1.56 bits per heavy atom. The normalized spacial score (nSPS) is 10.2. The van der Waals surface area contributed by atoms with Gasteiger partial charge in [-0.15, -0.1) is 0 Å². The molecule has 3 aromatic rings. The lowest BCUT2D eigenvalue weighted by Gasteiger charge is -2.12. The Labute approximate surface area is 155 Å². The van der Waals surface area contributed by atoms with Crippen LogP contribution in [0.3, 0.4) is 0 Å². The maximum Gasteiger partial charge on any atom is 0.175 e. The third-order valence-corrected chi connectivity index (χ3v) is 3.79. The van der Waals surface area contributed by atoms with E-state index in [1.165, 1.54) is 18.2 Å². The van der Waals surface area contributed by atoms with Gasteiger partial charge in [0.05, 0.1) is 10.7 Å². The first kappa shape index (κ1) is 17.2. The van der Waals surface area contributed by atoms with Gasteiger partial charge < -0.3 is 15.4 Å². The van der Waals surface area contributed by atoms with Gasteiger partial charge in [-0.2, -0.15) is 0 Å². The number of rotatable bonds is 4. The second-order valence-electron chi connectivity index (χ2n) is 5.14. The van der Waals surface area contributed by atoms with Crippen LogP contribution < -0.4 is 15.4 Å². The van der Waals surface area contributed by atoms with Crippen molar-refractivity contribution in [2.45, 2.75) is 0 Å². The molecule has 25 heavy (non-hydrogen) atoms. The lowest BCUT2D eigenvalue weighted by atomic mass is 10.3. The molecule has 3 nitrogen and oxygen atoms in total. The molecule has 0 fully saturated rings. The topological polar surface area (TPSA) is 33.3 Å². The Hall–Kier alpha value is -2.63. The lowest BCUT2D eigenvalue weighted by molar-refractivity contribution is 0.483. The fourth-order valence-corrected chi connectivity index (χ4v) is 2.55. The Bertz CT molecular complexity index is 872. The molecular formula is C19H14ClFN2OS. The van der Waals surface area contributed by atoms with Gasteiger partial charge in [0.1, 0.15) is 17.3 Å². The summed E-state index contributed by atoms with van der Waals surface area (Å²) in [5.74, 6) is 1.09. The Kier molecular flexibility index (Phi) is 5.48. The average molecular weight is 373 g/mol. The molecule has 0 radical (unpaired) electrons. The van der Waals surface area contributed by atoms with E-state index in [0.717, 1.165) is 17.2 Å². The van der Waals surface area contributed by atoms with Gasteiger partial charge in [-0.05, 0) is 66.8 Å². The minimum absolute atomic E-state index is 0.260. The van der Waals surface area contributed by atoms with E-state index in [2.05, 4.69) is 10.6 Å². The molecule has 126 valence electrons. The van der Waals surface area contributed by atoms with Crippen molar-refractivity contribution < 1.29 is 9.13 Å². The molecule has 0 aliphatic carbocycles. The monoisotopic (exact) mass is 372 g/mol. The van der Waals surface area contributed by atoms with Crippen molar-refractivity contribution in [1.82, 2.24) is 0 Å². The summed E-state index contributed by atoms with van der Waals surface area (Å²) in [5.41, 5.74) is 1.32. The number of para-hydroxylation sites is 1. The summed E-state index contributed by atoms with van der Waals surface area (Å²) >= 11 is 11.2. The highest BCUT2D eigenvalue weighted by atomic mass is 35.5. The summed E-state index contributed by atoms with van der Waals surface area (Å²) in [4.78, 5) is 0. The van der Waals surface area contributed by atoms with Crippen molar-refractivity contribution in [2.75, 3.05) is 10.6 Å². The van der Waals surface area contributed by atoms with Crippen LogP contribution in [0.5, 0.6) is 11.5 Å². The number of benzene rings is 3. The largest absolute Gasteiger partial charge is 0.457 e. The number of hydrogen-bond donors (Lipinski definition) is 2. The zero-order valence-electron chi connectivity index (χ0n) is 13.0. The van der Waals surface area contributed by atoms with Gasteiger partial charge in [0.25, 0.3) is 0 Å². The van der Waals surface area contributed by atoms with E-state index in [-0.39, 0.29) is 5.02 Å². The van der Waals surface area contributed by atoms with Gasteiger partial charge in [-0.3, -0.25) is 0 Å². The van der Waals surface area contributed by atoms with Crippen LogP contribution in [0.15, 0.2) is 72.8 Å². The van der Waals surface area contributed by atoms with E-state index < -0.39 is 5.82 Å². The molecule has 0 spiro atoms. The highest BCUT2D eigenvalue weighted by Crippen LogP contribution is 2.24. The minimum Gasteiger partial charge on any atom is -0.457 e. The molecule has 0 atom stereocenters. The van der Waals surface area contributed by atoms with Crippen LogP contribution in [0.1, 0.15) is 0 Å². The van der Waals surface area contributed by atoms with E-state index in [4.69, 9.17) is 28.6 Å². The Morgan fingerprint density at radius 1 is 0.880 bits per heavy atom. The van der Waals surface area contributed by atoms with Crippen molar-refractivity contribution in [1.29, 1.82) is 0 Å². The van der Waals surface area contributed by atoms with Gasteiger partial charge in [-0.25, -0.2) is 4.39 Å². The first-order valence-electron chi connectivity index (χ1n) is 7.46. The van der Waals surface area contributed by atoms with Crippen LogP contribution in [0.25, 0.3) is 0 Å². The van der Waals surface area contributed by atoms with Crippen LogP contribution in [0.4, 0.5) is 15.8 Å². The zero-order valence-corrected chi connectivity index (χ0v) is 14.6. The van der Waals surface area contributed by atoms with Crippen molar-refractivity contribution in [3.63, 3.8) is 0 Å². The molecule has 0 saturated carbocycles. The predicted molar refractivity (Wildman–Crippen MR) is 104 cm³/mol. The van der Waals surface area contributed by atoms with Crippen molar-refractivity contribution >= 4 is 40.3 Å². The molecule has 0 aliphatic rings. The van der Waals surface area contributed by atoms with E-state index in [1.54, 1.807) is 0 Å². The first-order chi connectivity index (χ1) is 12.1. The maximum absolute atomic E-state index is 13.1. The summed E-state index contributed by atoms with van der Waals surface area (Å²) in [5, 5.41) is 6.58. The fraction of sp³-hybridized carbons (Fsp3) is 0. The molecule has 0 aliphatic heterocycles. The van der Waals surface area contributed by atoms with Crippen LogP contribution in [0.2, 0.25) is 5.02 Å². The van der Waals surface area contributed by atoms with Crippen molar-refractivity contribution in [2.24, 2.45) is 0 Å². The first-order valence-corrected chi connectivity index (χ1v) is 8.25. The number of halogens is 2. The quantitative estimate of drug-likeness (QED) is 0.544. The fourth-order valence-electron chi connectivity index (χ4n) is 2.11. The molecule has 3 aromatic carbocycles. The Balaban J connectivity index is 1.60. The standard InChI is InChI=1S/C19H14ClFN2OS/c20-17-12-13(21)6-11-18(17)23-19(25)22-14-7-9-16(10-8-14)24-15-4-2-1-3-5-15/h1-12H,(H2,22,23,25). The number of ether oxygens (including phenoxy) is 1. The summed E-state index contributed by atoms with van der Waals surface area (Å²) in [6.07, 6.45) is 0. The molecule has 3 rings (SSSR count). The molecule has 0 heterocycles. The van der Waals surface area contributed by atoms with Gasteiger partial charge in [0, 0.05) is 5.69 Å². The predicted octanol–water partition coefficient (Wildman–Crippen LogP) is 6.08. The van der Waals surface area contributed by atoms with Crippen LogP contribution >= 0.6 is 23.8 Å². The average Bonchev–Trinajstić information content (AvgIpc) is 2.60. The SMILES string of the molecule is Fc1ccc(NC(=S)Nc2ccc(Oc3ccccc3)cc2)c(Cl)c1. The number of anilines is 2. The van der Waals surface area contributed by atoms with Crippen LogP contribution in [-0.2, 0) is 0 Å². The third-order valence-electron chi connectivity index (χ3n) is 3.27. The van der Waals surface area contributed by atoms with Crippen LogP contribution in [-0.4, -0.2) is 5.11 Å².